The Labute approximate surface area is 199 Å². The molecule has 4 rings (SSSR count). The first kappa shape index (κ1) is 24.0. The number of carboxylic acid groups (broad SMARTS) is 1. The van der Waals surface area contributed by atoms with Crippen LogP contribution < -0.4 is 4.74 Å². The Morgan fingerprint density at radius 3 is 2.50 bits per heavy atom. The zero-order valence-corrected chi connectivity index (χ0v) is 20.0. The maximum atomic E-state index is 11.3. The van der Waals surface area contributed by atoms with Crippen LogP contribution >= 0.6 is 0 Å². The van der Waals surface area contributed by atoms with Crippen molar-refractivity contribution in [3.8, 4) is 17.2 Å². The first-order valence-electron chi connectivity index (χ1n) is 11.5. The lowest BCUT2D eigenvalue weighted by Gasteiger charge is -2.39. The molecule has 0 saturated carbocycles. The minimum Gasteiger partial charge on any atom is -0.493 e. The van der Waals surface area contributed by atoms with E-state index >= 15 is 0 Å². The number of hydrogen-bond donors (Lipinski definition) is 1. The fraction of sp³-hybridized carbons (Fsp3) is 0.407. The van der Waals surface area contributed by atoms with Crippen LogP contribution in [-0.2, 0) is 27.1 Å². The molecule has 180 valence electrons. The summed E-state index contributed by atoms with van der Waals surface area (Å²) in [6.07, 6.45) is 1.16. The van der Waals surface area contributed by atoms with Crippen molar-refractivity contribution in [1.29, 1.82) is 0 Å². The SMILES string of the molecule is Cc1ccc(-c2nc(CCOc3ccc(CC4COC(C)(C(=O)O)OC4C)cc3)c(C)o2)cc1. The van der Waals surface area contributed by atoms with Crippen LogP contribution in [0.5, 0.6) is 5.75 Å². The van der Waals surface area contributed by atoms with Gasteiger partial charge in [-0.2, -0.15) is 0 Å². The molecular formula is C27H31NO6. The molecule has 0 spiro atoms. The predicted molar refractivity (Wildman–Crippen MR) is 127 cm³/mol. The maximum Gasteiger partial charge on any atom is 0.364 e. The van der Waals surface area contributed by atoms with E-state index in [9.17, 15) is 9.90 Å². The third kappa shape index (κ3) is 5.48. The summed E-state index contributed by atoms with van der Waals surface area (Å²) < 4.78 is 22.9. The summed E-state index contributed by atoms with van der Waals surface area (Å²) in [5.74, 6) is -0.378. The van der Waals surface area contributed by atoms with Gasteiger partial charge in [0.05, 0.1) is 25.0 Å². The predicted octanol–water partition coefficient (Wildman–Crippen LogP) is 4.97. The summed E-state index contributed by atoms with van der Waals surface area (Å²) in [6, 6.07) is 16.0. The fourth-order valence-corrected chi connectivity index (χ4v) is 3.99. The number of aromatic nitrogens is 1. The number of aliphatic carboxylic acids is 1. The number of rotatable bonds is 8. The Hall–Kier alpha value is -3.16. The van der Waals surface area contributed by atoms with Gasteiger partial charge in [-0.1, -0.05) is 29.8 Å². The van der Waals surface area contributed by atoms with E-state index in [2.05, 4.69) is 11.9 Å². The summed E-state index contributed by atoms with van der Waals surface area (Å²) in [6.45, 7) is 8.14. The molecule has 0 radical (unpaired) electrons. The molecule has 0 bridgehead atoms. The highest BCUT2D eigenvalue weighted by molar-refractivity contribution is 5.75. The van der Waals surface area contributed by atoms with Crippen LogP contribution in [0.3, 0.4) is 0 Å². The van der Waals surface area contributed by atoms with Crippen molar-refractivity contribution in [2.75, 3.05) is 13.2 Å². The first-order chi connectivity index (χ1) is 16.2. The number of aryl methyl sites for hydroxylation is 2. The van der Waals surface area contributed by atoms with Gasteiger partial charge in [0.25, 0.3) is 5.79 Å². The lowest BCUT2D eigenvalue weighted by Crippen LogP contribution is -2.51. The summed E-state index contributed by atoms with van der Waals surface area (Å²) in [7, 11) is 0. The molecular weight excluding hydrogens is 434 g/mol. The van der Waals surface area contributed by atoms with Crippen LogP contribution in [0.4, 0.5) is 0 Å². The van der Waals surface area contributed by atoms with Gasteiger partial charge >= 0.3 is 5.97 Å². The third-order valence-corrected chi connectivity index (χ3v) is 6.26. The second kappa shape index (κ2) is 9.99. The van der Waals surface area contributed by atoms with E-state index < -0.39 is 11.8 Å². The molecule has 7 nitrogen and oxygen atoms in total. The fourth-order valence-electron chi connectivity index (χ4n) is 3.99. The molecule has 1 aromatic heterocycles. The largest absolute Gasteiger partial charge is 0.493 e. The summed E-state index contributed by atoms with van der Waals surface area (Å²) in [4.78, 5) is 16.0. The zero-order valence-electron chi connectivity index (χ0n) is 20.0. The molecule has 3 unspecified atom stereocenters. The monoisotopic (exact) mass is 465 g/mol. The van der Waals surface area contributed by atoms with Crippen molar-refractivity contribution in [2.45, 2.75) is 52.4 Å². The second-order valence-corrected chi connectivity index (χ2v) is 8.98. The van der Waals surface area contributed by atoms with Crippen molar-refractivity contribution < 1.29 is 28.5 Å². The van der Waals surface area contributed by atoms with E-state index in [0.29, 0.717) is 25.5 Å². The van der Waals surface area contributed by atoms with E-state index in [4.69, 9.17) is 18.6 Å². The van der Waals surface area contributed by atoms with Crippen LogP contribution in [0.25, 0.3) is 11.5 Å². The molecule has 2 aromatic carbocycles. The standard InChI is InChI=1S/C27H31NO6/c1-17-5-9-21(10-6-17)25-28-24(19(3)33-25)13-14-31-23-11-7-20(8-12-23)15-22-16-32-27(4,26(29)30)34-18(22)2/h5-12,18,22H,13-16H2,1-4H3,(H,29,30). The number of oxazole rings is 1. The highest BCUT2D eigenvalue weighted by atomic mass is 16.7. The van der Waals surface area contributed by atoms with Crippen molar-refractivity contribution >= 4 is 5.97 Å². The van der Waals surface area contributed by atoms with Crippen LogP contribution in [0.15, 0.2) is 52.9 Å². The lowest BCUT2D eigenvalue weighted by molar-refractivity contribution is -0.291. The van der Waals surface area contributed by atoms with Gasteiger partial charge in [-0.25, -0.2) is 9.78 Å². The Balaban J connectivity index is 1.28. The Morgan fingerprint density at radius 1 is 1.15 bits per heavy atom. The number of carboxylic acids is 1. The molecule has 1 saturated heterocycles. The first-order valence-corrected chi connectivity index (χ1v) is 11.5. The van der Waals surface area contributed by atoms with Gasteiger partial charge in [0.1, 0.15) is 11.5 Å². The number of carbonyl (C=O) groups is 1. The van der Waals surface area contributed by atoms with Gasteiger partial charge in [0, 0.05) is 24.8 Å². The maximum absolute atomic E-state index is 11.3. The van der Waals surface area contributed by atoms with Crippen LogP contribution in [-0.4, -0.2) is 41.2 Å². The van der Waals surface area contributed by atoms with Crippen molar-refractivity contribution in [2.24, 2.45) is 5.92 Å². The second-order valence-electron chi connectivity index (χ2n) is 8.98. The topological polar surface area (TPSA) is 91.0 Å². The van der Waals surface area contributed by atoms with Crippen LogP contribution in [0.2, 0.25) is 0 Å². The highest BCUT2D eigenvalue weighted by Gasteiger charge is 2.43. The quantitative estimate of drug-likeness (QED) is 0.502. The van der Waals surface area contributed by atoms with Gasteiger partial charge in [0.2, 0.25) is 5.89 Å². The molecule has 1 N–H and O–H groups in total. The Kier molecular flexibility index (Phi) is 7.05. The molecule has 3 atom stereocenters. The molecule has 0 aliphatic carbocycles. The molecule has 1 aliphatic heterocycles. The van der Waals surface area contributed by atoms with Gasteiger partial charge in [-0.3, -0.25) is 0 Å². The molecule has 7 heteroatoms. The minimum absolute atomic E-state index is 0.0806. The number of benzene rings is 2. The van der Waals surface area contributed by atoms with Crippen molar-refractivity contribution in [1.82, 2.24) is 4.98 Å². The molecule has 1 aliphatic rings. The smallest absolute Gasteiger partial charge is 0.364 e. The van der Waals surface area contributed by atoms with Gasteiger partial charge in [-0.15, -0.1) is 0 Å². The van der Waals surface area contributed by atoms with Crippen molar-refractivity contribution in [3.05, 3.63) is 71.1 Å². The normalized spacial score (nSPS) is 22.5. The molecule has 2 heterocycles. The van der Waals surface area contributed by atoms with Crippen molar-refractivity contribution in [3.63, 3.8) is 0 Å². The van der Waals surface area contributed by atoms with Gasteiger partial charge < -0.3 is 23.7 Å². The number of hydrogen-bond acceptors (Lipinski definition) is 6. The molecule has 3 aromatic rings. The molecule has 34 heavy (non-hydrogen) atoms. The van der Waals surface area contributed by atoms with Crippen LogP contribution in [0.1, 0.15) is 36.4 Å². The Bertz CT molecular complexity index is 1120. The van der Waals surface area contributed by atoms with E-state index in [1.807, 2.05) is 62.4 Å². The average molecular weight is 466 g/mol. The van der Waals surface area contributed by atoms with Gasteiger partial charge in [0.15, 0.2) is 0 Å². The summed E-state index contributed by atoms with van der Waals surface area (Å²) in [5, 5.41) is 9.27. The number of nitrogens with zero attached hydrogens (tertiary/aromatic N) is 1. The van der Waals surface area contributed by atoms with Crippen LogP contribution in [0, 0.1) is 19.8 Å². The van der Waals surface area contributed by atoms with E-state index in [1.165, 1.54) is 12.5 Å². The third-order valence-electron chi connectivity index (χ3n) is 6.26. The van der Waals surface area contributed by atoms with E-state index in [0.717, 1.165) is 34.8 Å². The number of ether oxygens (including phenoxy) is 3. The summed E-state index contributed by atoms with van der Waals surface area (Å²) in [5.41, 5.74) is 4.17. The average Bonchev–Trinajstić information content (AvgIpc) is 3.17. The molecule has 1 fully saturated rings. The minimum atomic E-state index is -1.57. The summed E-state index contributed by atoms with van der Waals surface area (Å²) >= 11 is 0. The lowest BCUT2D eigenvalue weighted by atomic mass is 9.94. The van der Waals surface area contributed by atoms with Gasteiger partial charge in [-0.05, 0) is 57.0 Å². The Morgan fingerprint density at radius 2 is 1.85 bits per heavy atom. The zero-order chi connectivity index (χ0) is 24.3. The van der Waals surface area contributed by atoms with E-state index in [-0.39, 0.29) is 12.0 Å². The van der Waals surface area contributed by atoms with E-state index in [1.54, 1.807) is 0 Å². The molecule has 0 amide bonds. The highest BCUT2D eigenvalue weighted by Crippen LogP contribution is 2.29.